The molecule has 0 atom stereocenters. The van der Waals surface area contributed by atoms with Crippen molar-refractivity contribution in [2.45, 2.75) is 0 Å². The third-order valence-corrected chi connectivity index (χ3v) is 10.2. The van der Waals surface area contributed by atoms with Gasteiger partial charge in [-0.1, -0.05) is 72.8 Å². The summed E-state index contributed by atoms with van der Waals surface area (Å²) in [4.78, 5) is 18.6. The molecule has 0 saturated carbocycles. The number of hydrogen-bond acceptors (Lipinski definition) is 6. The summed E-state index contributed by atoms with van der Waals surface area (Å²) in [5.41, 5.74) is 8.82. The van der Waals surface area contributed by atoms with E-state index in [1.165, 1.54) is 32.7 Å². The maximum atomic E-state index is 4.72. The first-order chi connectivity index (χ1) is 22.8. The van der Waals surface area contributed by atoms with Crippen LogP contribution in [0.25, 0.3) is 86.8 Å². The van der Waals surface area contributed by atoms with Crippen molar-refractivity contribution in [2.24, 2.45) is 0 Å². The van der Waals surface area contributed by atoms with E-state index in [1.807, 2.05) is 47.9 Å². The SMILES string of the molecule is c1ccc2cc(-c3ccc4c(-c5cncc(-c6nccs6)c5)c5ccccc5c(-c5cncc(-c6nccs6)c5)c4c3)ccc2c1. The molecule has 4 aromatic heterocycles. The Bertz CT molecular complexity index is 2540. The molecule has 0 unspecified atom stereocenters. The van der Waals surface area contributed by atoms with Crippen molar-refractivity contribution in [1.82, 2.24) is 19.9 Å². The summed E-state index contributed by atoms with van der Waals surface area (Å²) in [7, 11) is 0. The number of thiazole rings is 2. The van der Waals surface area contributed by atoms with Crippen molar-refractivity contribution in [3.63, 3.8) is 0 Å². The molecule has 216 valence electrons. The highest BCUT2D eigenvalue weighted by molar-refractivity contribution is 7.13. The molecule has 0 aliphatic rings. The van der Waals surface area contributed by atoms with Crippen molar-refractivity contribution in [1.29, 1.82) is 0 Å². The summed E-state index contributed by atoms with van der Waals surface area (Å²) in [6, 6.07) is 35.2. The molecule has 0 N–H and O–H groups in total. The second-order valence-corrected chi connectivity index (χ2v) is 13.0. The van der Waals surface area contributed by atoms with E-state index in [-0.39, 0.29) is 0 Å². The molecule has 0 aliphatic carbocycles. The Kier molecular flexibility index (Phi) is 6.47. The molecule has 0 saturated heterocycles. The number of rotatable bonds is 5. The quantitative estimate of drug-likeness (QED) is 0.179. The van der Waals surface area contributed by atoms with Crippen LogP contribution in [0.1, 0.15) is 0 Å². The molecule has 46 heavy (non-hydrogen) atoms. The van der Waals surface area contributed by atoms with Gasteiger partial charge in [-0.25, -0.2) is 9.97 Å². The minimum Gasteiger partial charge on any atom is -0.263 e. The lowest BCUT2D eigenvalue weighted by molar-refractivity contribution is 1.31. The maximum absolute atomic E-state index is 4.72. The average Bonchev–Trinajstić information content (AvgIpc) is 3.86. The van der Waals surface area contributed by atoms with Crippen LogP contribution in [0.2, 0.25) is 0 Å². The van der Waals surface area contributed by atoms with Crippen LogP contribution < -0.4 is 0 Å². The summed E-state index contributed by atoms with van der Waals surface area (Å²) >= 11 is 3.25. The van der Waals surface area contributed by atoms with E-state index in [0.29, 0.717) is 0 Å². The molecule has 0 spiro atoms. The zero-order valence-corrected chi connectivity index (χ0v) is 26.1. The first kappa shape index (κ1) is 26.8. The number of aromatic nitrogens is 4. The largest absolute Gasteiger partial charge is 0.263 e. The molecule has 0 fully saturated rings. The molecular formula is C40H24N4S2. The Morgan fingerprint density at radius 1 is 0.391 bits per heavy atom. The summed E-state index contributed by atoms with van der Waals surface area (Å²) in [5.74, 6) is 0. The highest BCUT2D eigenvalue weighted by Crippen LogP contribution is 2.45. The lowest BCUT2D eigenvalue weighted by atomic mass is 9.85. The van der Waals surface area contributed by atoms with Gasteiger partial charge in [0, 0.05) is 70.2 Å². The van der Waals surface area contributed by atoms with E-state index in [4.69, 9.17) is 9.97 Å². The van der Waals surface area contributed by atoms with E-state index < -0.39 is 0 Å². The van der Waals surface area contributed by atoms with Crippen LogP contribution in [0.15, 0.2) is 145 Å². The minimum atomic E-state index is 0.960. The lowest BCUT2D eigenvalue weighted by Gasteiger charge is -2.19. The second kappa shape index (κ2) is 11.1. The topological polar surface area (TPSA) is 51.6 Å². The van der Waals surface area contributed by atoms with Gasteiger partial charge in [0.05, 0.1) is 0 Å². The number of pyridine rings is 2. The Morgan fingerprint density at radius 3 is 1.54 bits per heavy atom. The van der Waals surface area contributed by atoms with Crippen molar-refractivity contribution in [3.8, 4) is 54.5 Å². The van der Waals surface area contributed by atoms with E-state index in [9.17, 15) is 0 Å². The molecule has 0 amide bonds. The van der Waals surface area contributed by atoms with Gasteiger partial charge in [0.15, 0.2) is 0 Å². The van der Waals surface area contributed by atoms with Gasteiger partial charge in [-0.2, -0.15) is 0 Å². The summed E-state index contributed by atoms with van der Waals surface area (Å²) in [5, 5.41) is 13.1. The van der Waals surface area contributed by atoms with Gasteiger partial charge in [0.2, 0.25) is 0 Å². The number of nitrogens with zero attached hydrogens (tertiary/aromatic N) is 4. The zero-order chi connectivity index (χ0) is 30.5. The standard InChI is InChI=1S/C40H24N4S2/c1-2-6-26-17-27(10-9-25(26)5-1)28-11-12-35-36(20-28)38(30-19-32(24-42-22-30)40-44-14-16-46-40)34-8-4-3-7-33(34)37(35)29-18-31(23-41-21-29)39-43-13-15-45-39/h1-24H. The molecule has 0 bridgehead atoms. The highest BCUT2D eigenvalue weighted by Gasteiger charge is 2.19. The van der Waals surface area contributed by atoms with Gasteiger partial charge < -0.3 is 0 Å². The highest BCUT2D eigenvalue weighted by atomic mass is 32.1. The molecule has 0 aliphatic heterocycles. The molecule has 6 heteroatoms. The Morgan fingerprint density at radius 2 is 0.913 bits per heavy atom. The third kappa shape index (κ3) is 4.58. The van der Waals surface area contributed by atoms with E-state index in [2.05, 4.69) is 107 Å². The molecule has 4 heterocycles. The van der Waals surface area contributed by atoms with Crippen LogP contribution in [-0.4, -0.2) is 19.9 Å². The molecule has 5 aromatic carbocycles. The summed E-state index contributed by atoms with van der Waals surface area (Å²) in [6.07, 6.45) is 11.4. The Hall–Kier alpha value is -5.56. The molecule has 4 nitrogen and oxygen atoms in total. The fourth-order valence-electron chi connectivity index (χ4n) is 6.47. The Labute approximate surface area is 273 Å². The van der Waals surface area contributed by atoms with Crippen LogP contribution in [0.4, 0.5) is 0 Å². The van der Waals surface area contributed by atoms with Gasteiger partial charge >= 0.3 is 0 Å². The predicted octanol–water partition coefficient (Wildman–Crippen LogP) is 11.2. The maximum Gasteiger partial charge on any atom is 0.124 e. The van der Waals surface area contributed by atoms with Gasteiger partial charge in [0.1, 0.15) is 10.0 Å². The number of fused-ring (bicyclic) bond motifs is 3. The lowest BCUT2D eigenvalue weighted by Crippen LogP contribution is -1.93. The second-order valence-electron chi connectivity index (χ2n) is 11.2. The first-order valence-corrected chi connectivity index (χ1v) is 16.7. The van der Waals surface area contributed by atoms with Gasteiger partial charge in [-0.3, -0.25) is 9.97 Å². The summed E-state index contributed by atoms with van der Waals surface area (Å²) < 4.78 is 0. The number of hydrogen-bond donors (Lipinski definition) is 0. The molecular weight excluding hydrogens is 601 g/mol. The van der Waals surface area contributed by atoms with Crippen LogP contribution in [0, 0.1) is 0 Å². The van der Waals surface area contributed by atoms with Crippen molar-refractivity contribution in [2.75, 3.05) is 0 Å². The van der Waals surface area contributed by atoms with Crippen LogP contribution in [0.5, 0.6) is 0 Å². The monoisotopic (exact) mass is 624 g/mol. The average molecular weight is 625 g/mol. The van der Waals surface area contributed by atoms with Gasteiger partial charge in [-0.05, 0) is 78.8 Å². The first-order valence-electron chi connectivity index (χ1n) is 15.0. The van der Waals surface area contributed by atoms with Gasteiger partial charge in [0.25, 0.3) is 0 Å². The van der Waals surface area contributed by atoms with E-state index >= 15 is 0 Å². The van der Waals surface area contributed by atoms with Crippen molar-refractivity contribution in [3.05, 3.63) is 145 Å². The zero-order valence-electron chi connectivity index (χ0n) is 24.5. The molecule has 9 aromatic rings. The van der Waals surface area contributed by atoms with Crippen LogP contribution in [0.3, 0.4) is 0 Å². The summed E-state index contributed by atoms with van der Waals surface area (Å²) in [6.45, 7) is 0. The van der Waals surface area contributed by atoms with Crippen LogP contribution >= 0.6 is 22.7 Å². The number of benzene rings is 5. The fraction of sp³-hybridized carbons (Fsp3) is 0. The predicted molar refractivity (Wildman–Crippen MR) is 193 cm³/mol. The van der Waals surface area contributed by atoms with Gasteiger partial charge in [-0.15, -0.1) is 22.7 Å². The van der Waals surface area contributed by atoms with Crippen molar-refractivity contribution >= 4 is 55.0 Å². The smallest absolute Gasteiger partial charge is 0.124 e. The third-order valence-electron chi connectivity index (χ3n) is 8.52. The van der Waals surface area contributed by atoms with Crippen LogP contribution in [-0.2, 0) is 0 Å². The minimum absolute atomic E-state index is 0.960. The van der Waals surface area contributed by atoms with Crippen molar-refractivity contribution < 1.29 is 0 Å². The molecule has 9 rings (SSSR count). The molecule has 0 radical (unpaired) electrons. The van der Waals surface area contributed by atoms with E-state index in [1.54, 1.807) is 22.7 Å². The fourth-order valence-corrected chi connectivity index (χ4v) is 7.71. The van der Waals surface area contributed by atoms with E-state index in [0.717, 1.165) is 54.2 Å². The normalized spacial score (nSPS) is 11.5. The Balaban J connectivity index is 1.36.